The van der Waals surface area contributed by atoms with E-state index in [0.717, 1.165) is 90.1 Å². The summed E-state index contributed by atoms with van der Waals surface area (Å²) < 4.78 is 21.2. The molecule has 0 saturated carbocycles. The van der Waals surface area contributed by atoms with Crippen LogP contribution in [0.4, 0.5) is 9.59 Å². The predicted molar refractivity (Wildman–Crippen MR) is 340 cm³/mol. The minimum absolute atomic E-state index is 0.0254. The van der Waals surface area contributed by atoms with Crippen LogP contribution < -0.4 is 0 Å². The topological polar surface area (TPSA) is 298 Å². The van der Waals surface area contributed by atoms with Crippen LogP contribution in [-0.2, 0) is 47.7 Å². The van der Waals surface area contributed by atoms with E-state index >= 15 is 0 Å². The molecule has 0 aromatic rings. The number of carbonyl (C=O) groups is 8. The van der Waals surface area contributed by atoms with Gasteiger partial charge in [0.05, 0.1) is 11.1 Å². The van der Waals surface area contributed by atoms with Gasteiger partial charge in [0.1, 0.15) is 65.4 Å². The Hall–Kier alpha value is -9.88. The molecule has 92 heavy (non-hydrogen) atoms. The number of amides is 8. The summed E-state index contributed by atoms with van der Waals surface area (Å²) >= 11 is 0. The number of allylic oxidation sites excluding steroid dienone is 15. The number of carbonyl (C=O) groups excluding carboxylic acids is 8. The number of imide groups is 4. The van der Waals surface area contributed by atoms with Gasteiger partial charge in [-0.1, -0.05) is 6.92 Å². The molecule has 0 radical (unpaired) electrons. The third-order valence-electron chi connectivity index (χ3n) is 15.9. The number of urea groups is 2. The van der Waals surface area contributed by atoms with Crippen LogP contribution >= 0.6 is 0 Å². The zero-order valence-corrected chi connectivity index (χ0v) is 56.2. The van der Waals surface area contributed by atoms with E-state index in [-0.39, 0.29) is 45.5 Å². The molecule has 8 aliphatic rings. The molecule has 0 N–H and O–H groups in total. The number of ether oxygens (including phenoxy) is 4. The molecule has 8 saturated heterocycles. The quantitative estimate of drug-likeness (QED) is 0.0867. The van der Waals surface area contributed by atoms with Gasteiger partial charge >= 0.3 is 24.0 Å². The van der Waals surface area contributed by atoms with Crippen molar-refractivity contribution in [2.75, 3.05) is 87.7 Å². The number of hydrogen-bond donors (Lipinski definition) is 0. The molecule has 0 aliphatic carbocycles. The summed E-state index contributed by atoms with van der Waals surface area (Å²) in [5, 5.41) is 34.3. The number of esters is 2. The number of nitriles is 4. The second kappa shape index (κ2) is 33.3. The summed E-state index contributed by atoms with van der Waals surface area (Å²) in [5.41, 5.74) is 3.48. The van der Waals surface area contributed by atoms with Crippen molar-refractivity contribution in [1.82, 2.24) is 44.1 Å². The van der Waals surface area contributed by atoms with Crippen LogP contribution in [0.15, 0.2) is 117 Å². The normalized spacial score (nSPS) is 22.3. The molecule has 0 bridgehead atoms. The number of nitrogens with zero attached hydrogens (tertiary/aromatic N) is 13. The number of cyclic esters (lactones) is 2. The van der Waals surface area contributed by atoms with E-state index in [0.29, 0.717) is 37.4 Å². The fraction of sp³-hybridized carbons (Fsp3) is 0.522. The molecule has 0 atom stereocenters. The highest BCUT2D eigenvalue weighted by Gasteiger charge is 2.42. The third-order valence-corrected chi connectivity index (χ3v) is 15.9. The zero-order chi connectivity index (χ0) is 69.0. The zero-order valence-electron chi connectivity index (χ0n) is 56.2. The van der Waals surface area contributed by atoms with Gasteiger partial charge < -0.3 is 43.4 Å². The number of likely N-dealkylation sites (tertiary alicyclic amines) is 3. The number of rotatable bonds is 10. The molecule has 25 heteroatoms. The molecule has 8 heterocycles. The highest BCUT2D eigenvalue weighted by atomic mass is 16.7. The van der Waals surface area contributed by atoms with Crippen molar-refractivity contribution in [3.63, 3.8) is 0 Å². The minimum Gasteiger partial charge on any atom is -0.477 e. The lowest BCUT2D eigenvalue weighted by Gasteiger charge is -2.31. The SMILES string of the molecule is CC(C)N1CCC/C1=C/C=C(C#N)C#N.CCCN1C(=O)/C(=C/C=C2/OCC(C)(C)N2CC)C(=O)N(C)C1=O.CCN1CCC/C1=C/C=C(C#N)C#N.CN1/C(=C\C=C2C(=O)OC(C)(C)OC2=O)OCC1(C)C.CN1C(=O)C(=C/C=C2/CCCN2C)C(=O)N(C)C1=O. The predicted octanol–water partition coefficient (Wildman–Crippen LogP) is 7.93. The second-order valence-electron chi connectivity index (χ2n) is 24.2. The van der Waals surface area contributed by atoms with Crippen molar-refractivity contribution in [2.24, 2.45) is 0 Å². The first-order valence-electron chi connectivity index (χ1n) is 30.7. The van der Waals surface area contributed by atoms with Gasteiger partial charge in [-0.25, -0.2) is 19.2 Å². The van der Waals surface area contributed by atoms with Gasteiger partial charge in [-0.05, 0) is 161 Å². The smallest absolute Gasteiger partial charge is 0.348 e. The second-order valence-corrected chi connectivity index (χ2v) is 24.2. The Morgan fingerprint density at radius 3 is 1.47 bits per heavy atom. The van der Waals surface area contributed by atoms with Crippen molar-refractivity contribution in [1.29, 1.82) is 21.0 Å². The summed E-state index contributed by atoms with van der Waals surface area (Å²) in [6, 6.07) is 6.71. The van der Waals surface area contributed by atoms with E-state index in [1.807, 2.05) is 83.1 Å². The summed E-state index contributed by atoms with van der Waals surface area (Å²) in [6.45, 7) is 27.8. The lowest BCUT2D eigenvalue weighted by atomic mass is 10.1. The number of likely N-dealkylation sites (N-methyl/N-ethyl adjacent to an activating group) is 5. The van der Waals surface area contributed by atoms with Gasteiger partial charge in [0.15, 0.2) is 11.8 Å². The molecule has 0 unspecified atom stereocenters. The summed E-state index contributed by atoms with van der Waals surface area (Å²) in [4.78, 5) is 110. The fourth-order valence-corrected chi connectivity index (χ4v) is 10.3. The van der Waals surface area contributed by atoms with E-state index in [4.69, 9.17) is 40.0 Å². The van der Waals surface area contributed by atoms with Crippen LogP contribution in [0.3, 0.4) is 0 Å². The monoisotopic (exact) mass is 1270 g/mol. The van der Waals surface area contributed by atoms with Gasteiger partial charge in [-0.3, -0.25) is 38.8 Å². The Morgan fingerprint density at radius 2 is 0.978 bits per heavy atom. The molecule has 0 aromatic heterocycles. The Labute approximate surface area is 541 Å². The fourth-order valence-electron chi connectivity index (χ4n) is 10.3. The van der Waals surface area contributed by atoms with Gasteiger partial charge in [0.25, 0.3) is 29.4 Å². The molecule has 8 rings (SSSR count). The van der Waals surface area contributed by atoms with Gasteiger partial charge in [-0.2, -0.15) is 21.0 Å². The lowest BCUT2D eigenvalue weighted by Crippen LogP contribution is -2.54. The maximum Gasteiger partial charge on any atom is 0.348 e. The van der Waals surface area contributed by atoms with E-state index in [1.54, 1.807) is 30.4 Å². The van der Waals surface area contributed by atoms with Crippen LogP contribution in [0.25, 0.3) is 0 Å². The summed E-state index contributed by atoms with van der Waals surface area (Å²) in [7, 11) is 7.99. The first kappa shape index (κ1) is 74.6. The van der Waals surface area contributed by atoms with Crippen molar-refractivity contribution in [3.8, 4) is 24.3 Å². The molecule has 25 nitrogen and oxygen atoms in total. The van der Waals surface area contributed by atoms with Crippen molar-refractivity contribution in [3.05, 3.63) is 117 Å². The maximum absolute atomic E-state index is 12.5. The van der Waals surface area contributed by atoms with Gasteiger partial charge in [0, 0.05) is 111 Å². The minimum atomic E-state index is -1.22. The van der Waals surface area contributed by atoms with Crippen molar-refractivity contribution < 1.29 is 57.3 Å². The van der Waals surface area contributed by atoms with Gasteiger partial charge in [-0.15, -0.1) is 0 Å². The molecule has 494 valence electrons. The Kier molecular flexibility index (Phi) is 27.0. The molecule has 0 aromatic carbocycles. The molecular weight excluding hydrogens is 1180 g/mol. The van der Waals surface area contributed by atoms with E-state index in [1.165, 1.54) is 71.0 Å². The third kappa shape index (κ3) is 19.1. The molecule has 8 fully saturated rings. The molecular formula is C67H89N13O12. The van der Waals surface area contributed by atoms with Crippen LogP contribution in [-0.4, -0.2) is 202 Å². The number of barbiturate groups is 2. The van der Waals surface area contributed by atoms with Crippen molar-refractivity contribution >= 4 is 47.6 Å². The Balaban J connectivity index is 0.000000248. The number of hydrogen-bond acceptors (Lipinski definition) is 21. The van der Waals surface area contributed by atoms with E-state index in [9.17, 15) is 38.4 Å². The first-order valence-corrected chi connectivity index (χ1v) is 30.7. The largest absolute Gasteiger partial charge is 0.477 e. The summed E-state index contributed by atoms with van der Waals surface area (Å²) in [5.74, 6) is -3.63. The first-order chi connectivity index (χ1) is 43.3. The lowest BCUT2D eigenvalue weighted by molar-refractivity contribution is -0.222. The van der Waals surface area contributed by atoms with Crippen LogP contribution in [0.2, 0.25) is 0 Å². The average molecular weight is 1270 g/mol. The maximum atomic E-state index is 12.5. The van der Waals surface area contributed by atoms with Crippen LogP contribution in [0.5, 0.6) is 0 Å². The highest BCUT2D eigenvalue weighted by molar-refractivity contribution is 6.29. The van der Waals surface area contributed by atoms with Crippen molar-refractivity contribution in [2.45, 2.75) is 144 Å². The van der Waals surface area contributed by atoms with Crippen LogP contribution in [0, 0.1) is 45.3 Å². The van der Waals surface area contributed by atoms with E-state index in [2.05, 4.69) is 54.2 Å². The van der Waals surface area contributed by atoms with Crippen LogP contribution in [0.1, 0.15) is 121 Å². The Bertz CT molecular complexity index is 3280. The molecule has 8 aliphatic heterocycles. The summed E-state index contributed by atoms with van der Waals surface area (Å²) in [6.07, 6.45) is 23.4. The molecule has 0 spiro atoms. The molecule has 8 amide bonds. The highest BCUT2D eigenvalue weighted by Crippen LogP contribution is 2.31. The average Bonchev–Trinajstić information content (AvgIpc) is 1.28. The van der Waals surface area contributed by atoms with Gasteiger partial charge in [0.2, 0.25) is 0 Å². The Morgan fingerprint density at radius 1 is 0.522 bits per heavy atom. The standard InChI is InChI=1S/C17H25N3O4.C14H19NO5.C13H17N3O3.C12H15N3.C11H13N3/c1-6-10-19-15(22)12(14(21)18(5)16(19)23)8-9-13-20(7-2)17(3,4)11-24-13;1-13(2)8-18-10(15(13)5)7-6-9-11(16)19-14(3,4)20-12(9)17;1-14-8-4-5-9(14)6-7-10-11(17)15(2)13(19)16(3)12(10)18;1-10(2)15-7-3-4-12(15)6-5-11(8-13)9-14;1-2-14-7-3-4-11(14)6-5-10(8-12)9-13/h8-9H,6-7,10-11H2,1-5H3;6-7H,8H2,1-5H3;6-7H,4-5,8H2,1-3H3;5-6,10H,3-4,7H2,1-2H3;5-6H,2-4,7H2,1H3/b12-8+,13-9+;10-7+;9-6-;12-6-;11-6-. The van der Waals surface area contributed by atoms with E-state index < -0.39 is 53.4 Å².